The number of azide groups is 1. The molecule has 1 heterocycles. The van der Waals surface area contributed by atoms with Crippen molar-refractivity contribution < 1.29 is 5.11 Å². The molecule has 6 heteroatoms. The molecule has 5 nitrogen and oxygen atoms in total. The lowest BCUT2D eigenvalue weighted by atomic mass is 10.2. The molecule has 0 saturated carbocycles. The van der Waals surface area contributed by atoms with Gasteiger partial charge in [-0.25, -0.2) is 0 Å². The molecular weight excluding hydrogens is 156 g/mol. The van der Waals surface area contributed by atoms with E-state index in [4.69, 9.17) is 10.6 Å². The van der Waals surface area contributed by atoms with Crippen LogP contribution in [0.3, 0.4) is 0 Å². The van der Waals surface area contributed by atoms with Crippen LogP contribution in [0.5, 0.6) is 0 Å². The third-order valence-corrected chi connectivity index (χ3v) is 1.35. The third kappa shape index (κ3) is 2.04. The molecule has 0 unspecified atom stereocenters. The van der Waals surface area contributed by atoms with E-state index in [1.54, 1.807) is 0 Å². The second-order valence-corrected chi connectivity index (χ2v) is 2.00. The Balaban J connectivity index is 0.000000810. The molecule has 1 aliphatic heterocycles. The normalized spacial score (nSPS) is 30.5. The third-order valence-electron chi connectivity index (χ3n) is 1.35. The number of aliphatic hydroxyl groups is 1. The van der Waals surface area contributed by atoms with Gasteiger partial charge in [-0.05, 0) is 5.53 Å². The van der Waals surface area contributed by atoms with Crippen molar-refractivity contribution in [1.82, 2.24) is 5.32 Å². The number of nitrogens with one attached hydrogen (secondary N) is 1. The van der Waals surface area contributed by atoms with Crippen molar-refractivity contribution >= 4 is 12.4 Å². The second kappa shape index (κ2) is 4.35. The molecule has 0 aromatic carbocycles. The Hall–Kier alpha value is -0.480. The van der Waals surface area contributed by atoms with Crippen molar-refractivity contribution in [1.29, 1.82) is 0 Å². The Morgan fingerprint density at radius 2 is 2.30 bits per heavy atom. The Labute approximate surface area is 64.5 Å². The number of rotatable bonds is 1. The van der Waals surface area contributed by atoms with Gasteiger partial charge in [0.2, 0.25) is 0 Å². The average molecular weight is 165 g/mol. The van der Waals surface area contributed by atoms with Gasteiger partial charge in [-0.2, -0.15) is 0 Å². The molecule has 0 spiro atoms. The SMILES string of the molecule is Cl.[N-]=[N+]=N[C@@H]1CNC[C@H]1O. The lowest BCUT2D eigenvalue weighted by molar-refractivity contribution is 0.179. The van der Waals surface area contributed by atoms with Gasteiger partial charge in [-0.1, -0.05) is 5.11 Å². The maximum atomic E-state index is 8.99. The van der Waals surface area contributed by atoms with Crippen molar-refractivity contribution in [2.75, 3.05) is 13.1 Å². The van der Waals surface area contributed by atoms with Gasteiger partial charge in [0, 0.05) is 18.0 Å². The first kappa shape index (κ1) is 9.52. The van der Waals surface area contributed by atoms with Crippen molar-refractivity contribution in [2.24, 2.45) is 5.11 Å². The maximum Gasteiger partial charge on any atom is 0.0770 e. The van der Waals surface area contributed by atoms with Crippen LogP contribution in [0.15, 0.2) is 5.11 Å². The molecular formula is C4H9ClN4O. The quantitative estimate of drug-likeness (QED) is 0.326. The van der Waals surface area contributed by atoms with E-state index in [9.17, 15) is 0 Å². The summed E-state index contributed by atoms with van der Waals surface area (Å²) in [6.45, 7) is 1.12. The first-order valence-electron chi connectivity index (χ1n) is 2.77. The van der Waals surface area contributed by atoms with Crippen LogP contribution in [0, 0.1) is 0 Å². The Morgan fingerprint density at radius 1 is 1.60 bits per heavy atom. The molecule has 0 aromatic heterocycles. The lowest BCUT2D eigenvalue weighted by Crippen LogP contribution is -2.20. The van der Waals surface area contributed by atoms with Gasteiger partial charge in [0.05, 0.1) is 12.1 Å². The van der Waals surface area contributed by atoms with Crippen molar-refractivity contribution in [2.45, 2.75) is 12.1 Å². The number of hydrogen-bond acceptors (Lipinski definition) is 3. The predicted octanol–water partition coefficient (Wildman–Crippen LogP) is 0.0512. The number of aliphatic hydroxyl groups excluding tert-OH is 1. The van der Waals surface area contributed by atoms with Crippen molar-refractivity contribution in [3.8, 4) is 0 Å². The minimum absolute atomic E-state index is 0. The molecule has 58 valence electrons. The minimum Gasteiger partial charge on any atom is -0.391 e. The Bertz CT molecular complexity index is 146. The van der Waals surface area contributed by atoms with Gasteiger partial charge in [-0.15, -0.1) is 12.4 Å². The van der Waals surface area contributed by atoms with Crippen LogP contribution < -0.4 is 5.32 Å². The summed E-state index contributed by atoms with van der Waals surface area (Å²) < 4.78 is 0. The van der Waals surface area contributed by atoms with Crippen LogP contribution in [0.1, 0.15) is 0 Å². The van der Waals surface area contributed by atoms with E-state index in [1.807, 2.05) is 0 Å². The van der Waals surface area contributed by atoms with Gasteiger partial charge in [-0.3, -0.25) is 0 Å². The monoisotopic (exact) mass is 164 g/mol. The largest absolute Gasteiger partial charge is 0.391 e. The van der Waals surface area contributed by atoms with Crippen LogP contribution in [-0.2, 0) is 0 Å². The van der Waals surface area contributed by atoms with Crippen molar-refractivity contribution in [3.63, 3.8) is 0 Å². The van der Waals surface area contributed by atoms with E-state index < -0.39 is 6.10 Å². The standard InChI is InChI=1S/C4H8N4O.ClH/c5-8-7-3-1-6-2-4(3)9;/h3-4,6,9H,1-2H2;1H/t3-,4-;/m1./s1. The Kier molecular flexibility index (Phi) is 4.14. The number of nitrogens with zero attached hydrogens (tertiary/aromatic N) is 3. The highest BCUT2D eigenvalue weighted by Gasteiger charge is 2.22. The lowest BCUT2D eigenvalue weighted by Gasteiger charge is -2.02. The van der Waals surface area contributed by atoms with E-state index in [2.05, 4.69) is 15.3 Å². The summed E-state index contributed by atoms with van der Waals surface area (Å²) >= 11 is 0. The molecule has 10 heavy (non-hydrogen) atoms. The molecule has 0 radical (unpaired) electrons. The Morgan fingerprint density at radius 3 is 2.70 bits per heavy atom. The summed E-state index contributed by atoms with van der Waals surface area (Å²) in [7, 11) is 0. The zero-order chi connectivity index (χ0) is 6.69. The molecule has 1 saturated heterocycles. The summed E-state index contributed by atoms with van der Waals surface area (Å²) in [6.07, 6.45) is -0.499. The maximum absolute atomic E-state index is 8.99. The zero-order valence-electron chi connectivity index (χ0n) is 5.27. The molecule has 0 aliphatic carbocycles. The first-order valence-corrected chi connectivity index (χ1v) is 2.77. The molecule has 0 aromatic rings. The van der Waals surface area contributed by atoms with Crippen LogP contribution >= 0.6 is 12.4 Å². The van der Waals surface area contributed by atoms with E-state index in [0.717, 1.165) is 0 Å². The minimum atomic E-state index is -0.499. The van der Waals surface area contributed by atoms with Crippen LogP contribution in [0.25, 0.3) is 10.4 Å². The summed E-state index contributed by atoms with van der Waals surface area (Å²) in [5, 5.41) is 15.3. The van der Waals surface area contributed by atoms with E-state index in [0.29, 0.717) is 13.1 Å². The van der Waals surface area contributed by atoms with Crippen LogP contribution in [0.2, 0.25) is 0 Å². The average Bonchev–Trinajstić information content (AvgIpc) is 2.18. The molecule has 2 atom stereocenters. The van der Waals surface area contributed by atoms with Gasteiger partial charge in [0.15, 0.2) is 0 Å². The molecule has 1 rings (SSSR count). The molecule has 1 aliphatic rings. The summed E-state index contributed by atoms with van der Waals surface area (Å²) in [5.41, 5.74) is 7.96. The summed E-state index contributed by atoms with van der Waals surface area (Å²) in [6, 6.07) is -0.269. The topological polar surface area (TPSA) is 81.0 Å². The zero-order valence-corrected chi connectivity index (χ0v) is 6.08. The van der Waals surface area contributed by atoms with E-state index in [-0.39, 0.29) is 18.4 Å². The van der Waals surface area contributed by atoms with Crippen LogP contribution in [0.4, 0.5) is 0 Å². The second-order valence-electron chi connectivity index (χ2n) is 2.00. The van der Waals surface area contributed by atoms with Crippen LogP contribution in [-0.4, -0.2) is 30.3 Å². The fourth-order valence-electron chi connectivity index (χ4n) is 0.835. The van der Waals surface area contributed by atoms with Gasteiger partial charge < -0.3 is 10.4 Å². The summed E-state index contributed by atoms with van der Waals surface area (Å²) in [5.74, 6) is 0. The molecule has 0 bridgehead atoms. The van der Waals surface area contributed by atoms with Gasteiger partial charge >= 0.3 is 0 Å². The number of halogens is 1. The van der Waals surface area contributed by atoms with E-state index >= 15 is 0 Å². The molecule has 0 amide bonds. The fraction of sp³-hybridized carbons (Fsp3) is 1.00. The van der Waals surface area contributed by atoms with Gasteiger partial charge in [0.1, 0.15) is 0 Å². The van der Waals surface area contributed by atoms with Crippen molar-refractivity contribution in [3.05, 3.63) is 10.4 Å². The predicted molar refractivity (Wildman–Crippen MR) is 39.1 cm³/mol. The smallest absolute Gasteiger partial charge is 0.0770 e. The summed E-state index contributed by atoms with van der Waals surface area (Å²) in [4.78, 5) is 2.59. The molecule has 2 N–H and O–H groups in total. The van der Waals surface area contributed by atoms with E-state index in [1.165, 1.54) is 0 Å². The fourth-order valence-corrected chi connectivity index (χ4v) is 0.835. The number of hydrogen-bond donors (Lipinski definition) is 2. The highest BCUT2D eigenvalue weighted by Crippen LogP contribution is 2.03. The highest BCUT2D eigenvalue weighted by molar-refractivity contribution is 5.85. The van der Waals surface area contributed by atoms with Gasteiger partial charge in [0.25, 0.3) is 0 Å². The number of β-amino-alcohol motifs (C(OH)–C–C–N with tert-alkyl or cyclic N) is 1. The first-order chi connectivity index (χ1) is 4.34. The highest BCUT2D eigenvalue weighted by atomic mass is 35.5. The molecule has 1 fully saturated rings.